The highest BCUT2D eigenvalue weighted by atomic mass is 16.5. The Balaban J connectivity index is 1.51. The summed E-state index contributed by atoms with van der Waals surface area (Å²) in [6.45, 7) is 0. The number of fused-ring (bicyclic) bond motifs is 1. The van der Waals surface area contributed by atoms with Crippen LogP contribution in [0, 0.1) is 0 Å². The molecular formula is C27H19N5O3. The van der Waals surface area contributed by atoms with Crippen molar-refractivity contribution >= 4 is 28.6 Å². The zero-order chi connectivity index (χ0) is 24.2. The minimum Gasteiger partial charge on any atom is -0.465 e. The third kappa shape index (κ3) is 4.58. The highest BCUT2D eigenvalue weighted by Crippen LogP contribution is 2.29. The van der Waals surface area contributed by atoms with Gasteiger partial charge in [-0.25, -0.2) is 14.8 Å². The van der Waals surface area contributed by atoms with Crippen molar-refractivity contribution in [1.29, 1.82) is 0 Å². The second kappa shape index (κ2) is 9.48. The van der Waals surface area contributed by atoms with Gasteiger partial charge in [-0.3, -0.25) is 14.8 Å². The summed E-state index contributed by atoms with van der Waals surface area (Å²) in [7, 11) is 1.32. The lowest BCUT2D eigenvalue weighted by Gasteiger charge is -2.10. The number of pyridine rings is 2. The van der Waals surface area contributed by atoms with E-state index in [1.54, 1.807) is 54.9 Å². The van der Waals surface area contributed by atoms with Gasteiger partial charge in [-0.05, 0) is 66.7 Å². The molecule has 3 heterocycles. The van der Waals surface area contributed by atoms with Crippen LogP contribution in [0.1, 0.15) is 20.7 Å². The maximum absolute atomic E-state index is 12.9. The van der Waals surface area contributed by atoms with E-state index in [2.05, 4.69) is 15.3 Å². The van der Waals surface area contributed by atoms with Crippen LogP contribution in [0.25, 0.3) is 33.8 Å². The molecule has 170 valence electrons. The first-order valence-corrected chi connectivity index (χ1v) is 10.8. The Labute approximate surface area is 200 Å². The van der Waals surface area contributed by atoms with E-state index in [4.69, 9.17) is 14.7 Å². The molecule has 0 aliphatic rings. The third-order valence-corrected chi connectivity index (χ3v) is 5.31. The van der Waals surface area contributed by atoms with Crippen LogP contribution < -0.4 is 5.32 Å². The lowest BCUT2D eigenvalue weighted by Crippen LogP contribution is -2.12. The minimum absolute atomic E-state index is 0.312. The SMILES string of the molecule is COC(=O)c1ccc(NC(=O)c2ccc3nc(-c4ccccn4)c(-c4ccccn4)nc3c2)cc1. The summed E-state index contributed by atoms with van der Waals surface area (Å²) in [5.74, 6) is -0.752. The van der Waals surface area contributed by atoms with E-state index in [1.165, 1.54) is 7.11 Å². The molecule has 1 amide bonds. The Morgan fingerprint density at radius 1 is 0.714 bits per heavy atom. The number of ether oxygens (including phenoxy) is 1. The summed E-state index contributed by atoms with van der Waals surface area (Å²) in [5.41, 5.74) is 5.07. The highest BCUT2D eigenvalue weighted by molar-refractivity contribution is 6.06. The molecule has 0 aliphatic carbocycles. The van der Waals surface area contributed by atoms with E-state index in [0.29, 0.717) is 50.6 Å². The van der Waals surface area contributed by atoms with Crippen molar-refractivity contribution in [2.75, 3.05) is 12.4 Å². The predicted octanol–water partition coefficient (Wildman–Crippen LogP) is 4.79. The number of carbonyl (C=O) groups excluding carboxylic acids is 2. The van der Waals surface area contributed by atoms with Crippen molar-refractivity contribution in [3.05, 3.63) is 102 Å². The summed E-state index contributed by atoms with van der Waals surface area (Å²) in [4.78, 5) is 43.0. The molecule has 0 unspecified atom stereocenters. The number of aromatic nitrogens is 4. The first-order chi connectivity index (χ1) is 17.1. The molecule has 0 fully saturated rings. The van der Waals surface area contributed by atoms with Crippen LogP contribution in [0.3, 0.4) is 0 Å². The summed E-state index contributed by atoms with van der Waals surface area (Å²) in [6, 6.07) is 22.8. The van der Waals surface area contributed by atoms with E-state index in [1.807, 2.05) is 36.4 Å². The third-order valence-electron chi connectivity index (χ3n) is 5.31. The molecule has 0 radical (unpaired) electrons. The lowest BCUT2D eigenvalue weighted by molar-refractivity contribution is 0.0600. The number of amides is 1. The summed E-state index contributed by atoms with van der Waals surface area (Å²) in [5, 5.41) is 2.83. The predicted molar refractivity (Wildman–Crippen MR) is 132 cm³/mol. The van der Waals surface area contributed by atoms with Gasteiger partial charge in [-0.15, -0.1) is 0 Å². The minimum atomic E-state index is -0.440. The molecule has 35 heavy (non-hydrogen) atoms. The average molecular weight is 461 g/mol. The van der Waals surface area contributed by atoms with Crippen LogP contribution in [0.4, 0.5) is 5.69 Å². The monoisotopic (exact) mass is 461 g/mol. The van der Waals surface area contributed by atoms with Crippen LogP contribution in [0.5, 0.6) is 0 Å². The fourth-order valence-electron chi connectivity index (χ4n) is 3.57. The second-order valence-electron chi connectivity index (χ2n) is 7.58. The largest absolute Gasteiger partial charge is 0.465 e. The van der Waals surface area contributed by atoms with Crippen molar-refractivity contribution in [1.82, 2.24) is 19.9 Å². The molecule has 0 saturated heterocycles. The number of nitrogens with one attached hydrogen (secondary N) is 1. The van der Waals surface area contributed by atoms with Gasteiger partial charge in [0.2, 0.25) is 0 Å². The van der Waals surface area contributed by atoms with Crippen molar-refractivity contribution in [3.8, 4) is 22.8 Å². The van der Waals surface area contributed by atoms with Gasteiger partial charge in [0.1, 0.15) is 11.4 Å². The molecular weight excluding hydrogens is 442 g/mol. The zero-order valence-corrected chi connectivity index (χ0v) is 18.7. The van der Waals surface area contributed by atoms with Crippen LogP contribution in [-0.4, -0.2) is 38.9 Å². The summed E-state index contributed by atoms with van der Waals surface area (Å²) < 4.78 is 4.70. The molecule has 8 nitrogen and oxygen atoms in total. The van der Waals surface area contributed by atoms with Crippen molar-refractivity contribution < 1.29 is 14.3 Å². The molecule has 1 N–H and O–H groups in total. The first kappa shape index (κ1) is 21.8. The Hall–Kier alpha value is -4.98. The topological polar surface area (TPSA) is 107 Å². The standard InChI is InChI=1S/C27H19N5O3/c1-35-27(34)17-8-11-19(12-9-17)30-26(33)18-10-13-20-23(16-18)32-25(22-7-3-5-15-29-22)24(31-20)21-6-2-4-14-28-21/h2-16H,1H3,(H,30,33). The maximum Gasteiger partial charge on any atom is 0.337 e. The van der Waals surface area contributed by atoms with E-state index < -0.39 is 5.97 Å². The van der Waals surface area contributed by atoms with Gasteiger partial charge in [0.15, 0.2) is 0 Å². The molecule has 2 aromatic carbocycles. The Morgan fingerprint density at radius 2 is 1.31 bits per heavy atom. The Morgan fingerprint density at radius 3 is 1.89 bits per heavy atom. The average Bonchev–Trinajstić information content (AvgIpc) is 2.93. The number of methoxy groups -OCH3 is 1. The van der Waals surface area contributed by atoms with Gasteiger partial charge in [0, 0.05) is 23.6 Å². The maximum atomic E-state index is 12.9. The number of hydrogen-bond donors (Lipinski definition) is 1. The van der Waals surface area contributed by atoms with Crippen molar-refractivity contribution in [3.63, 3.8) is 0 Å². The molecule has 3 aromatic heterocycles. The van der Waals surface area contributed by atoms with Gasteiger partial charge in [-0.1, -0.05) is 12.1 Å². The quantitative estimate of drug-likeness (QED) is 0.375. The molecule has 0 saturated carbocycles. The number of esters is 1. The van der Waals surface area contributed by atoms with E-state index in [-0.39, 0.29) is 5.91 Å². The molecule has 5 aromatic rings. The van der Waals surface area contributed by atoms with Crippen molar-refractivity contribution in [2.45, 2.75) is 0 Å². The highest BCUT2D eigenvalue weighted by Gasteiger charge is 2.16. The number of hydrogen-bond acceptors (Lipinski definition) is 7. The van der Waals surface area contributed by atoms with Gasteiger partial charge in [0.25, 0.3) is 5.91 Å². The number of nitrogens with zero attached hydrogens (tertiary/aromatic N) is 4. The normalized spacial score (nSPS) is 10.7. The van der Waals surface area contributed by atoms with Crippen LogP contribution in [0.15, 0.2) is 91.3 Å². The number of anilines is 1. The Bertz CT molecular complexity index is 1520. The molecule has 0 spiro atoms. The second-order valence-corrected chi connectivity index (χ2v) is 7.58. The fraction of sp³-hybridized carbons (Fsp3) is 0.0370. The van der Waals surface area contributed by atoms with E-state index >= 15 is 0 Å². The van der Waals surface area contributed by atoms with Crippen molar-refractivity contribution in [2.24, 2.45) is 0 Å². The summed E-state index contributed by atoms with van der Waals surface area (Å²) >= 11 is 0. The molecule has 0 bridgehead atoms. The van der Waals surface area contributed by atoms with Crippen LogP contribution in [-0.2, 0) is 4.74 Å². The van der Waals surface area contributed by atoms with Gasteiger partial charge in [-0.2, -0.15) is 0 Å². The van der Waals surface area contributed by atoms with E-state index in [9.17, 15) is 9.59 Å². The number of rotatable bonds is 5. The number of carbonyl (C=O) groups is 2. The zero-order valence-electron chi connectivity index (χ0n) is 18.7. The Kier molecular flexibility index (Phi) is 5.92. The molecule has 5 rings (SSSR count). The lowest BCUT2D eigenvalue weighted by atomic mass is 10.1. The van der Waals surface area contributed by atoms with Gasteiger partial charge < -0.3 is 10.1 Å². The molecule has 0 aliphatic heterocycles. The van der Waals surface area contributed by atoms with Crippen LogP contribution >= 0.6 is 0 Å². The van der Waals surface area contributed by atoms with Gasteiger partial charge in [0.05, 0.1) is 35.1 Å². The fourth-order valence-corrected chi connectivity index (χ4v) is 3.57. The number of benzene rings is 2. The molecule has 8 heteroatoms. The van der Waals surface area contributed by atoms with Crippen LogP contribution in [0.2, 0.25) is 0 Å². The first-order valence-electron chi connectivity index (χ1n) is 10.8. The molecule has 0 atom stereocenters. The summed E-state index contributed by atoms with van der Waals surface area (Å²) in [6.07, 6.45) is 3.40. The smallest absolute Gasteiger partial charge is 0.337 e. The van der Waals surface area contributed by atoms with E-state index in [0.717, 1.165) is 0 Å². The van der Waals surface area contributed by atoms with Gasteiger partial charge >= 0.3 is 5.97 Å².